The van der Waals surface area contributed by atoms with Gasteiger partial charge in [0.1, 0.15) is 0 Å². The minimum Gasteiger partial charge on any atom is -0.395 e. The molecule has 5 heteroatoms. The highest BCUT2D eigenvalue weighted by Crippen LogP contribution is 2.28. The number of rotatable bonds is 9. The summed E-state index contributed by atoms with van der Waals surface area (Å²) in [4.78, 5) is 2.17. The van der Waals surface area contributed by atoms with Gasteiger partial charge in [0.05, 0.1) is 13.2 Å². The molecule has 0 aliphatic carbocycles. The molecule has 0 aliphatic rings. The molecule has 0 radical (unpaired) electrons. The quantitative estimate of drug-likeness (QED) is 0.687. The van der Waals surface area contributed by atoms with E-state index in [2.05, 4.69) is 30.1 Å². The molecular formula is C15H25ClN2O2. The first kappa shape index (κ1) is 17.2. The van der Waals surface area contributed by atoms with Crippen LogP contribution in [-0.2, 0) is 11.3 Å². The number of hydrogen-bond donors (Lipinski definition) is 2. The zero-order valence-electron chi connectivity index (χ0n) is 12.5. The van der Waals surface area contributed by atoms with Crippen molar-refractivity contribution in [1.29, 1.82) is 0 Å². The Hall–Kier alpha value is -0.810. The van der Waals surface area contributed by atoms with Gasteiger partial charge >= 0.3 is 0 Å². The topological polar surface area (TPSA) is 44.7 Å². The minimum absolute atomic E-state index is 0.126. The summed E-state index contributed by atoms with van der Waals surface area (Å²) < 4.78 is 5.03. The van der Waals surface area contributed by atoms with E-state index in [4.69, 9.17) is 16.3 Å². The molecule has 0 fully saturated rings. The molecule has 0 aromatic heterocycles. The third kappa shape index (κ3) is 4.94. The third-order valence-corrected chi connectivity index (χ3v) is 3.51. The fourth-order valence-electron chi connectivity index (χ4n) is 2.14. The highest BCUT2D eigenvalue weighted by Gasteiger charge is 2.15. The van der Waals surface area contributed by atoms with Crippen molar-refractivity contribution >= 4 is 17.3 Å². The molecule has 4 nitrogen and oxygen atoms in total. The van der Waals surface area contributed by atoms with E-state index in [1.165, 1.54) is 0 Å². The number of aliphatic hydroxyl groups is 1. The molecule has 0 bridgehead atoms. The fourth-order valence-corrected chi connectivity index (χ4v) is 2.38. The maximum Gasteiger partial charge on any atom is 0.0606 e. The molecule has 0 saturated heterocycles. The zero-order chi connectivity index (χ0) is 15.0. The number of nitrogens with zero attached hydrogens (tertiary/aromatic N) is 1. The van der Waals surface area contributed by atoms with Crippen LogP contribution in [0.25, 0.3) is 0 Å². The first-order valence-corrected chi connectivity index (χ1v) is 7.34. The first-order chi connectivity index (χ1) is 9.61. The van der Waals surface area contributed by atoms with Gasteiger partial charge in [-0.2, -0.15) is 0 Å². The Balaban J connectivity index is 2.90. The molecule has 0 atom stereocenters. The van der Waals surface area contributed by atoms with Gasteiger partial charge in [0, 0.05) is 49.1 Å². The zero-order valence-corrected chi connectivity index (χ0v) is 13.3. The van der Waals surface area contributed by atoms with E-state index in [1.54, 1.807) is 7.11 Å². The SMILES string of the molecule is COCCNCc1c(Cl)cccc1N(CCO)C(C)C. The van der Waals surface area contributed by atoms with Gasteiger partial charge in [-0.25, -0.2) is 0 Å². The number of aliphatic hydroxyl groups excluding tert-OH is 1. The van der Waals surface area contributed by atoms with E-state index >= 15 is 0 Å². The maximum atomic E-state index is 9.25. The number of nitrogens with one attached hydrogen (secondary N) is 1. The Bertz CT molecular complexity index is 399. The number of benzene rings is 1. The molecule has 2 N–H and O–H groups in total. The molecule has 0 saturated carbocycles. The summed E-state index contributed by atoms with van der Waals surface area (Å²) >= 11 is 6.33. The Kier molecular flexibility index (Phi) is 7.92. The number of hydrogen-bond acceptors (Lipinski definition) is 4. The van der Waals surface area contributed by atoms with Gasteiger partial charge in [-0.15, -0.1) is 0 Å². The molecular weight excluding hydrogens is 276 g/mol. The number of ether oxygens (including phenoxy) is 1. The van der Waals surface area contributed by atoms with Crippen LogP contribution in [0.5, 0.6) is 0 Å². The number of anilines is 1. The second kappa shape index (κ2) is 9.19. The molecule has 0 amide bonds. The van der Waals surface area contributed by atoms with Gasteiger partial charge in [0.25, 0.3) is 0 Å². The van der Waals surface area contributed by atoms with Crippen LogP contribution in [-0.4, -0.2) is 44.6 Å². The van der Waals surface area contributed by atoms with Crippen LogP contribution in [0.4, 0.5) is 5.69 Å². The maximum absolute atomic E-state index is 9.25. The highest BCUT2D eigenvalue weighted by molar-refractivity contribution is 6.31. The van der Waals surface area contributed by atoms with Crippen molar-refractivity contribution in [3.05, 3.63) is 28.8 Å². The molecule has 1 aromatic rings. The van der Waals surface area contributed by atoms with E-state index in [1.807, 2.05) is 12.1 Å². The van der Waals surface area contributed by atoms with Crippen molar-refractivity contribution in [2.24, 2.45) is 0 Å². The molecule has 20 heavy (non-hydrogen) atoms. The molecule has 0 aliphatic heterocycles. The van der Waals surface area contributed by atoms with E-state index in [9.17, 15) is 5.11 Å². The van der Waals surface area contributed by atoms with Crippen LogP contribution in [0.2, 0.25) is 5.02 Å². The third-order valence-electron chi connectivity index (χ3n) is 3.15. The lowest BCUT2D eigenvalue weighted by molar-refractivity contribution is 0.199. The monoisotopic (exact) mass is 300 g/mol. The van der Waals surface area contributed by atoms with Crippen molar-refractivity contribution in [3.63, 3.8) is 0 Å². The van der Waals surface area contributed by atoms with Crippen molar-refractivity contribution in [1.82, 2.24) is 5.32 Å². The molecule has 1 rings (SSSR count). The van der Waals surface area contributed by atoms with E-state index in [0.29, 0.717) is 25.7 Å². The van der Waals surface area contributed by atoms with Crippen LogP contribution in [0.3, 0.4) is 0 Å². The highest BCUT2D eigenvalue weighted by atomic mass is 35.5. The van der Waals surface area contributed by atoms with Crippen LogP contribution in [0, 0.1) is 0 Å². The second-order valence-corrected chi connectivity index (χ2v) is 5.33. The average Bonchev–Trinajstić information content (AvgIpc) is 2.42. The predicted octanol–water partition coefficient (Wildman–Crippen LogP) is 2.28. The fraction of sp³-hybridized carbons (Fsp3) is 0.600. The standard InChI is InChI=1S/C15H25ClN2O2/c1-12(2)18(8-9-19)15-6-4-5-14(16)13(15)11-17-7-10-20-3/h4-6,12,17,19H,7-11H2,1-3H3. The molecule has 0 heterocycles. The summed E-state index contributed by atoms with van der Waals surface area (Å²) in [6.07, 6.45) is 0. The van der Waals surface area contributed by atoms with Crippen molar-refractivity contribution in [2.75, 3.05) is 38.3 Å². The van der Waals surface area contributed by atoms with E-state index in [-0.39, 0.29) is 6.61 Å². The van der Waals surface area contributed by atoms with Gasteiger partial charge in [-0.1, -0.05) is 17.7 Å². The van der Waals surface area contributed by atoms with Crippen LogP contribution < -0.4 is 10.2 Å². The number of methoxy groups -OCH3 is 1. The van der Waals surface area contributed by atoms with Crippen molar-refractivity contribution < 1.29 is 9.84 Å². The summed E-state index contributed by atoms with van der Waals surface area (Å²) in [6, 6.07) is 6.20. The van der Waals surface area contributed by atoms with Gasteiger partial charge < -0.3 is 20.1 Å². The Morgan fingerprint density at radius 1 is 1.40 bits per heavy atom. The predicted molar refractivity (Wildman–Crippen MR) is 84.6 cm³/mol. The van der Waals surface area contributed by atoms with E-state index in [0.717, 1.165) is 22.8 Å². The van der Waals surface area contributed by atoms with Crippen LogP contribution in [0.15, 0.2) is 18.2 Å². The largest absolute Gasteiger partial charge is 0.395 e. The lowest BCUT2D eigenvalue weighted by Gasteiger charge is -2.30. The normalized spacial score (nSPS) is 11.1. The lowest BCUT2D eigenvalue weighted by Crippen LogP contribution is -2.34. The molecule has 0 unspecified atom stereocenters. The van der Waals surface area contributed by atoms with Gasteiger partial charge in [-0.05, 0) is 26.0 Å². The summed E-state index contributed by atoms with van der Waals surface area (Å²) in [7, 11) is 1.68. The smallest absolute Gasteiger partial charge is 0.0606 e. The van der Waals surface area contributed by atoms with Crippen LogP contribution in [0.1, 0.15) is 19.4 Å². The summed E-state index contributed by atoms with van der Waals surface area (Å²) in [5.74, 6) is 0. The van der Waals surface area contributed by atoms with Gasteiger partial charge in [-0.3, -0.25) is 0 Å². The van der Waals surface area contributed by atoms with Gasteiger partial charge in [0.2, 0.25) is 0 Å². The summed E-state index contributed by atoms with van der Waals surface area (Å²) in [5.41, 5.74) is 2.14. The van der Waals surface area contributed by atoms with Crippen molar-refractivity contribution in [2.45, 2.75) is 26.4 Å². The van der Waals surface area contributed by atoms with Gasteiger partial charge in [0.15, 0.2) is 0 Å². The molecule has 0 spiro atoms. The summed E-state index contributed by atoms with van der Waals surface area (Å²) in [6.45, 7) is 7.09. The molecule has 1 aromatic carbocycles. The minimum atomic E-state index is 0.126. The lowest BCUT2D eigenvalue weighted by atomic mass is 10.1. The molecule has 114 valence electrons. The Morgan fingerprint density at radius 3 is 2.75 bits per heavy atom. The first-order valence-electron chi connectivity index (χ1n) is 6.96. The second-order valence-electron chi connectivity index (χ2n) is 4.92. The van der Waals surface area contributed by atoms with E-state index < -0.39 is 0 Å². The number of halogens is 1. The van der Waals surface area contributed by atoms with Crippen LogP contribution >= 0.6 is 11.6 Å². The summed E-state index contributed by atoms with van der Waals surface area (Å²) in [5, 5.41) is 13.3. The Labute approximate surface area is 126 Å². The average molecular weight is 301 g/mol. The van der Waals surface area contributed by atoms with Crippen molar-refractivity contribution in [3.8, 4) is 0 Å². The Morgan fingerprint density at radius 2 is 2.15 bits per heavy atom.